The number of halogens is 3. The number of hydrogen-bond donors (Lipinski definition) is 1. The number of aromatic amines is 1. The number of nitrogens with one attached hydrogen (secondary N) is 1. The fraction of sp³-hybridized carbons (Fsp3) is 0.250. The molecule has 7 nitrogen and oxygen atoms in total. The molecule has 4 heterocycles. The van der Waals surface area contributed by atoms with E-state index < -0.39 is 12.3 Å². The van der Waals surface area contributed by atoms with Gasteiger partial charge in [-0.05, 0) is 29.8 Å². The minimum absolute atomic E-state index is 0. The molecule has 5 rings (SSSR count). The first-order chi connectivity index (χ1) is 13.9. The standard InChI is InChI=1S/C19H14ClF2N3O4.CH3.Cs/c20-16-4-2-11-12(8-23-17(11)24-16)18(26)25-5-6-27-9-13(25)10-1-3-14-15(7-10)29-19(21,22)28-14;;/h1-4,7-8,13H,5-6,9H2,(H,23,24);1H3;/q;-1;+1. The van der Waals surface area contributed by atoms with E-state index in [0.29, 0.717) is 40.5 Å². The Morgan fingerprint density at radius 3 is 2.81 bits per heavy atom. The van der Waals surface area contributed by atoms with Gasteiger partial charge >= 0.3 is 75.2 Å². The molecule has 1 saturated heterocycles. The number of carbonyl (C=O) groups is 1. The number of nitrogens with zero attached hydrogens (tertiary/aromatic N) is 2. The molecule has 1 fully saturated rings. The number of carbonyl (C=O) groups excluding carboxylic acids is 1. The molecule has 1 unspecified atom stereocenters. The first-order valence-corrected chi connectivity index (χ1v) is 9.21. The minimum Gasteiger partial charge on any atom is -0.395 e. The van der Waals surface area contributed by atoms with Crippen molar-refractivity contribution in [3.8, 4) is 11.5 Å². The van der Waals surface area contributed by atoms with Crippen molar-refractivity contribution in [2.24, 2.45) is 0 Å². The third-order valence-corrected chi connectivity index (χ3v) is 5.14. The van der Waals surface area contributed by atoms with Crippen molar-refractivity contribution in [1.29, 1.82) is 0 Å². The zero-order valence-electron chi connectivity index (χ0n) is 16.8. The molecular formula is C20H17ClCsF2N3O4. The maximum Gasteiger partial charge on any atom is 1.00 e. The monoisotopic (exact) mass is 569 g/mol. The van der Waals surface area contributed by atoms with E-state index in [0.717, 1.165) is 0 Å². The van der Waals surface area contributed by atoms with E-state index in [-0.39, 0.29) is 100 Å². The quantitative estimate of drug-likeness (QED) is 0.371. The van der Waals surface area contributed by atoms with Crippen LogP contribution in [0.5, 0.6) is 11.5 Å². The van der Waals surface area contributed by atoms with Crippen LogP contribution in [0.1, 0.15) is 22.0 Å². The molecule has 158 valence electrons. The van der Waals surface area contributed by atoms with E-state index >= 15 is 0 Å². The molecular weight excluding hydrogens is 553 g/mol. The Labute approximate surface area is 240 Å². The Hall–Kier alpha value is -0.858. The predicted octanol–water partition coefficient (Wildman–Crippen LogP) is 1.21. The van der Waals surface area contributed by atoms with Crippen LogP contribution in [-0.2, 0) is 4.74 Å². The number of benzene rings is 1. The maximum atomic E-state index is 13.3. The molecule has 1 aromatic carbocycles. The van der Waals surface area contributed by atoms with Crippen LogP contribution < -0.4 is 78.4 Å². The topological polar surface area (TPSA) is 76.7 Å². The summed E-state index contributed by atoms with van der Waals surface area (Å²) in [6.07, 6.45) is -2.11. The Kier molecular flexibility index (Phi) is 7.64. The number of fused-ring (bicyclic) bond motifs is 2. The van der Waals surface area contributed by atoms with Gasteiger partial charge in [-0.25, -0.2) is 4.98 Å². The van der Waals surface area contributed by atoms with Crippen molar-refractivity contribution < 1.29 is 96.7 Å². The molecule has 0 spiro atoms. The van der Waals surface area contributed by atoms with E-state index in [1.807, 2.05) is 0 Å². The molecule has 1 N–H and O–H groups in total. The molecule has 11 heteroatoms. The van der Waals surface area contributed by atoms with Gasteiger partial charge in [0.1, 0.15) is 10.8 Å². The molecule has 2 aromatic heterocycles. The van der Waals surface area contributed by atoms with E-state index in [1.54, 1.807) is 29.3 Å². The van der Waals surface area contributed by atoms with Crippen molar-refractivity contribution in [1.82, 2.24) is 14.9 Å². The molecule has 2 aliphatic heterocycles. The van der Waals surface area contributed by atoms with Gasteiger partial charge in [-0.3, -0.25) is 4.79 Å². The molecule has 1 amide bonds. The Morgan fingerprint density at radius 1 is 1.23 bits per heavy atom. The van der Waals surface area contributed by atoms with Gasteiger partial charge in [0.05, 0.1) is 24.8 Å². The average Bonchev–Trinajstić information content (AvgIpc) is 3.25. The van der Waals surface area contributed by atoms with Crippen LogP contribution >= 0.6 is 11.6 Å². The van der Waals surface area contributed by atoms with Crippen LogP contribution in [0.15, 0.2) is 36.5 Å². The van der Waals surface area contributed by atoms with Gasteiger partial charge in [-0.2, -0.15) is 0 Å². The summed E-state index contributed by atoms with van der Waals surface area (Å²) in [7, 11) is 0. The fourth-order valence-electron chi connectivity index (χ4n) is 3.61. The third kappa shape index (κ3) is 4.76. The number of rotatable bonds is 2. The summed E-state index contributed by atoms with van der Waals surface area (Å²) >= 11 is 5.91. The minimum atomic E-state index is -3.70. The van der Waals surface area contributed by atoms with Crippen LogP contribution in [0.25, 0.3) is 11.0 Å². The van der Waals surface area contributed by atoms with Crippen molar-refractivity contribution in [2.75, 3.05) is 19.8 Å². The molecule has 31 heavy (non-hydrogen) atoms. The maximum absolute atomic E-state index is 13.3. The summed E-state index contributed by atoms with van der Waals surface area (Å²) < 4.78 is 41.2. The van der Waals surface area contributed by atoms with Crippen molar-refractivity contribution in [3.63, 3.8) is 0 Å². The first kappa shape index (κ1) is 24.8. The average molecular weight is 570 g/mol. The molecule has 0 aliphatic carbocycles. The number of aromatic nitrogens is 2. The van der Waals surface area contributed by atoms with Crippen LogP contribution in [0.2, 0.25) is 5.15 Å². The van der Waals surface area contributed by atoms with E-state index in [9.17, 15) is 13.6 Å². The zero-order chi connectivity index (χ0) is 20.2. The smallest absolute Gasteiger partial charge is 0.395 e. The Balaban J connectivity index is 0.00000136. The number of ether oxygens (including phenoxy) is 3. The molecule has 0 saturated carbocycles. The SMILES string of the molecule is O=C(c1c[nH]c2nc(Cl)ccc12)N1CCOCC1c1ccc2c(c1)OC(F)(F)O2.[CH3-].[Cs+]. The van der Waals surface area contributed by atoms with Gasteiger partial charge in [0.2, 0.25) is 0 Å². The second kappa shape index (κ2) is 9.56. The molecule has 1 atom stereocenters. The van der Waals surface area contributed by atoms with Gasteiger partial charge in [-0.1, -0.05) is 17.7 Å². The van der Waals surface area contributed by atoms with Crippen LogP contribution in [-0.4, -0.2) is 46.8 Å². The second-order valence-electron chi connectivity index (χ2n) is 6.70. The molecule has 3 aromatic rings. The fourth-order valence-corrected chi connectivity index (χ4v) is 3.76. The summed E-state index contributed by atoms with van der Waals surface area (Å²) in [5.41, 5.74) is 1.57. The van der Waals surface area contributed by atoms with E-state index in [1.165, 1.54) is 12.1 Å². The van der Waals surface area contributed by atoms with Crippen molar-refractivity contribution in [2.45, 2.75) is 12.3 Å². The van der Waals surface area contributed by atoms with Gasteiger partial charge in [0.15, 0.2) is 11.5 Å². The largest absolute Gasteiger partial charge is 1.00 e. The molecule has 0 bridgehead atoms. The summed E-state index contributed by atoms with van der Waals surface area (Å²) in [6, 6.07) is 7.35. The number of hydrogen-bond acceptors (Lipinski definition) is 5. The summed E-state index contributed by atoms with van der Waals surface area (Å²) in [5, 5.41) is 0.967. The number of alkyl halides is 2. The zero-order valence-corrected chi connectivity index (χ0v) is 23.9. The summed E-state index contributed by atoms with van der Waals surface area (Å²) in [5.74, 6) is -0.346. The molecule has 2 aliphatic rings. The predicted molar refractivity (Wildman–Crippen MR) is 105 cm³/mol. The third-order valence-electron chi connectivity index (χ3n) is 4.93. The number of H-pyrrole nitrogens is 1. The van der Waals surface area contributed by atoms with Crippen molar-refractivity contribution in [3.05, 3.63) is 60.2 Å². The Morgan fingerprint density at radius 2 is 2.00 bits per heavy atom. The summed E-state index contributed by atoms with van der Waals surface area (Å²) in [4.78, 5) is 22.1. The second-order valence-corrected chi connectivity index (χ2v) is 7.08. The van der Waals surface area contributed by atoms with Crippen LogP contribution in [0.3, 0.4) is 0 Å². The van der Waals surface area contributed by atoms with Crippen molar-refractivity contribution >= 4 is 28.5 Å². The number of amides is 1. The number of pyridine rings is 1. The summed E-state index contributed by atoms with van der Waals surface area (Å²) in [6.45, 7) is 0.952. The van der Waals surface area contributed by atoms with Gasteiger partial charge in [-0.15, -0.1) is 8.78 Å². The van der Waals surface area contributed by atoms with Crippen LogP contribution in [0, 0.1) is 7.43 Å². The van der Waals surface area contributed by atoms with Gasteiger partial charge in [0, 0.05) is 18.1 Å². The Bertz CT molecular complexity index is 1130. The number of morpholine rings is 1. The molecule has 0 radical (unpaired) electrons. The van der Waals surface area contributed by atoms with Gasteiger partial charge < -0.3 is 31.5 Å². The van der Waals surface area contributed by atoms with E-state index in [4.69, 9.17) is 16.3 Å². The van der Waals surface area contributed by atoms with E-state index in [2.05, 4.69) is 19.4 Å². The van der Waals surface area contributed by atoms with Crippen LogP contribution in [0.4, 0.5) is 8.78 Å². The first-order valence-electron chi connectivity index (χ1n) is 8.83. The van der Waals surface area contributed by atoms with Gasteiger partial charge in [0.25, 0.3) is 5.91 Å². The normalized spacial score (nSPS) is 18.9.